The molecule has 4 rings (SSSR count). The van der Waals surface area contributed by atoms with Gasteiger partial charge < -0.3 is 4.57 Å². The molecule has 1 aromatic carbocycles. The summed E-state index contributed by atoms with van der Waals surface area (Å²) < 4.78 is 59.1. The van der Waals surface area contributed by atoms with Gasteiger partial charge in [-0.25, -0.2) is 14.0 Å². The first-order chi connectivity index (χ1) is 14.3. The fraction of sp³-hybridized carbons (Fsp3) is 0.176. The van der Waals surface area contributed by atoms with Crippen LogP contribution >= 0.6 is 0 Å². The highest BCUT2D eigenvalue weighted by Crippen LogP contribution is 2.32. The van der Waals surface area contributed by atoms with Gasteiger partial charge in [0.15, 0.2) is 11.5 Å². The van der Waals surface area contributed by atoms with Crippen LogP contribution < -0.4 is 4.90 Å². The van der Waals surface area contributed by atoms with Gasteiger partial charge in [-0.2, -0.15) is 23.4 Å². The number of hydrogen-bond acceptors (Lipinski definition) is 7. The lowest BCUT2D eigenvalue weighted by Crippen LogP contribution is -2.39. The molecule has 0 aliphatic rings. The number of rotatable bonds is 4. The Bertz CT molecular complexity index is 1220. The summed E-state index contributed by atoms with van der Waals surface area (Å²) in [6.45, 7) is -0.0240. The molecule has 0 radical (unpaired) electrons. The van der Waals surface area contributed by atoms with Crippen LogP contribution in [0.15, 0.2) is 41.2 Å². The first-order valence-electron chi connectivity index (χ1n) is 8.36. The normalized spacial score (nSPS) is 11.8. The molecule has 154 valence electrons. The van der Waals surface area contributed by atoms with E-state index in [4.69, 9.17) is 0 Å². The molecule has 0 saturated carbocycles. The molecule has 13 heteroatoms. The van der Waals surface area contributed by atoms with Gasteiger partial charge in [-0.1, -0.05) is 6.07 Å². The van der Waals surface area contributed by atoms with Crippen LogP contribution in [0.3, 0.4) is 0 Å². The molecule has 9 nitrogen and oxygen atoms in total. The Balaban J connectivity index is 1.89. The maximum Gasteiger partial charge on any atom is 0.471 e. The molecule has 4 aromatic rings. The molecular weight excluding hydrogens is 410 g/mol. The van der Waals surface area contributed by atoms with E-state index >= 15 is 0 Å². The third kappa shape index (κ3) is 3.33. The SMILES string of the molecule is CN(C(=O)C(F)(F)F)c1nonc1-c1nc2cccc(F)c2n1Cc1cccnn1. The standard InChI is InChI=1S/C17H11F4N7O2/c1-27(16(29)17(19,20)21)15-12(25-30-26-15)14-23-11-6-2-5-10(18)13(11)28(14)8-9-4-3-7-22-24-9/h2-7H,8H2,1H3. The molecule has 0 aliphatic carbocycles. The summed E-state index contributed by atoms with van der Waals surface area (Å²) in [5.41, 5.74) is 0.443. The summed E-state index contributed by atoms with van der Waals surface area (Å²) in [6.07, 6.45) is -3.69. The van der Waals surface area contributed by atoms with E-state index in [0.717, 1.165) is 7.05 Å². The van der Waals surface area contributed by atoms with Gasteiger partial charge in [0, 0.05) is 13.2 Å². The average Bonchev–Trinajstić information content (AvgIpc) is 3.32. The van der Waals surface area contributed by atoms with E-state index in [1.165, 1.54) is 29.0 Å². The lowest BCUT2D eigenvalue weighted by atomic mass is 10.3. The minimum Gasteiger partial charge on any atom is -0.314 e. The van der Waals surface area contributed by atoms with Crippen molar-refractivity contribution in [3.63, 3.8) is 0 Å². The lowest BCUT2D eigenvalue weighted by Gasteiger charge is -2.16. The van der Waals surface area contributed by atoms with Crippen molar-refractivity contribution >= 4 is 22.8 Å². The second-order valence-electron chi connectivity index (χ2n) is 6.14. The number of amides is 1. The zero-order chi connectivity index (χ0) is 21.5. The predicted octanol–water partition coefficient (Wildman–Crippen LogP) is 2.59. The number of carbonyl (C=O) groups is 1. The molecule has 0 atom stereocenters. The first-order valence-corrected chi connectivity index (χ1v) is 8.36. The fourth-order valence-corrected chi connectivity index (χ4v) is 2.89. The number of halogens is 4. The highest BCUT2D eigenvalue weighted by Gasteiger charge is 2.43. The number of nitrogens with zero attached hydrogens (tertiary/aromatic N) is 7. The number of alkyl halides is 3. The van der Waals surface area contributed by atoms with Crippen molar-refractivity contribution in [2.45, 2.75) is 12.7 Å². The zero-order valence-corrected chi connectivity index (χ0v) is 15.1. The van der Waals surface area contributed by atoms with Crippen LogP contribution in [0.5, 0.6) is 0 Å². The van der Waals surface area contributed by atoms with E-state index in [9.17, 15) is 22.4 Å². The minimum absolute atomic E-state index is 0.0240. The Kier molecular flexibility index (Phi) is 4.64. The van der Waals surface area contributed by atoms with Crippen LogP contribution in [0, 0.1) is 5.82 Å². The number of aromatic nitrogens is 6. The first kappa shape index (κ1) is 19.4. The second kappa shape index (κ2) is 7.17. The molecule has 1 amide bonds. The van der Waals surface area contributed by atoms with Crippen molar-refractivity contribution in [2.75, 3.05) is 11.9 Å². The fourth-order valence-electron chi connectivity index (χ4n) is 2.89. The van der Waals surface area contributed by atoms with Crippen molar-refractivity contribution in [3.05, 3.63) is 48.0 Å². The molecule has 0 bridgehead atoms. The van der Waals surface area contributed by atoms with E-state index in [2.05, 4.69) is 30.1 Å². The van der Waals surface area contributed by atoms with E-state index < -0.39 is 23.7 Å². The largest absolute Gasteiger partial charge is 0.471 e. The molecule has 0 aliphatic heterocycles. The summed E-state index contributed by atoms with van der Waals surface area (Å²) >= 11 is 0. The van der Waals surface area contributed by atoms with Crippen LogP contribution in [0.4, 0.5) is 23.4 Å². The quantitative estimate of drug-likeness (QED) is 0.467. The highest BCUT2D eigenvalue weighted by molar-refractivity contribution is 5.98. The maximum atomic E-state index is 14.6. The molecule has 0 spiro atoms. The lowest BCUT2D eigenvalue weighted by molar-refractivity contribution is -0.170. The Morgan fingerprint density at radius 2 is 2.00 bits per heavy atom. The minimum atomic E-state index is -5.14. The Morgan fingerprint density at radius 1 is 1.20 bits per heavy atom. The van der Waals surface area contributed by atoms with Gasteiger partial charge in [0.1, 0.15) is 11.3 Å². The number of para-hydroxylation sites is 1. The topological polar surface area (TPSA) is 103 Å². The molecule has 3 aromatic heterocycles. The van der Waals surface area contributed by atoms with Crippen LogP contribution in [-0.4, -0.2) is 49.2 Å². The van der Waals surface area contributed by atoms with Gasteiger partial charge in [0.05, 0.1) is 17.8 Å². The van der Waals surface area contributed by atoms with E-state index in [-0.39, 0.29) is 34.0 Å². The van der Waals surface area contributed by atoms with Gasteiger partial charge in [-0.3, -0.25) is 9.69 Å². The third-order valence-electron chi connectivity index (χ3n) is 4.21. The van der Waals surface area contributed by atoms with E-state index in [1.807, 2.05) is 0 Å². The van der Waals surface area contributed by atoms with Crippen LogP contribution in [0.2, 0.25) is 0 Å². The summed E-state index contributed by atoms with van der Waals surface area (Å²) in [5, 5.41) is 14.7. The number of anilines is 1. The second-order valence-corrected chi connectivity index (χ2v) is 6.14. The van der Waals surface area contributed by atoms with E-state index in [1.54, 1.807) is 12.1 Å². The summed E-state index contributed by atoms with van der Waals surface area (Å²) in [5.74, 6) is -3.37. The van der Waals surface area contributed by atoms with Gasteiger partial charge in [0.2, 0.25) is 5.82 Å². The van der Waals surface area contributed by atoms with Gasteiger partial charge in [0.25, 0.3) is 0 Å². The van der Waals surface area contributed by atoms with Crippen molar-refractivity contribution in [1.29, 1.82) is 0 Å². The third-order valence-corrected chi connectivity index (χ3v) is 4.21. The molecule has 30 heavy (non-hydrogen) atoms. The van der Waals surface area contributed by atoms with Crippen LogP contribution in [-0.2, 0) is 11.3 Å². The molecule has 0 N–H and O–H groups in total. The monoisotopic (exact) mass is 421 g/mol. The van der Waals surface area contributed by atoms with Crippen molar-refractivity contribution < 1.29 is 27.0 Å². The van der Waals surface area contributed by atoms with Crippen molar-refractivity contribution in [2.24, 2.45) is 0 Å². The molecule has 3 heterocycles. The Morgan fingerprint density at radius 3 is 2.70 bits per heavy atom. The van der Waals surface area contributed by atoms with Crippen molar-refractivity contribution in [3.8, 4) is 11.5 Å². The zero-order valence-electron chi connectivity index (χ0n) is 15.1. The Hall–Kier alpha value is -3.90. The molecular formula is C17H11F4N7O2. The van der Waals surface area contributed by atoms with Crippen LogP contribution in [0.1, 0.15) is 5.69 Å². The molecule has 0 fully saturated rings. The van der Waals surface area contributed by atoms with Gasteiger partial charge in [-0.05, 0) is 34.6 Å². The van der Waals surface area contributed by atoms with Crippen molar-refractivity contribution in [1.82, 2.24) is 30.1 Å². The Labute approximate surface area is 164 Å². The average molecular weight is 421 g/mol. The van der Waals surface area contributed by atoms with E-state index in [0.29, 0.717) is 5.69 Å². The number of fused-ring (bicyclic) bond motifs is 1. The number of carbonyl (C=O) groups excluding carboxylic acids is 1. The van der Waals surface area contributed by atoms with Crippen LogP contribution in [0.25, 0.3) is 22.6 Å². The number of imidazole rings is 1. The summed E-state index contributed by atoms with van der Waals surface area (Å²) in [7, 11) is 0.870. The maximum absolute atomic E-state index is 14.6. The van der Waals surface area contributed by atoms with Gasteiger partial charge in [-0.15, -0.1) is 0 Å². The number of benzene rings is 1. The number of hydrogen-bond donors (Lipinski definition) is 0. The summed E-state index contributed by atoms with van der Waals surface area (Å²) in [4.78, 5) is 16.1. The smallest absolute Gasteiger partial charge is 0.314 e. The molecule has 0 unspecified atom stereocenters. The summed E-state index contributed by atoms with van der Waals surface area (Å²) in [6, 6.07) is 7.42. The van der Waals surface area contributed by atoms with Gasteiger partial charge >= 0.3 is 12.1 Å². The molecule has 0 saturated heterocycles. The highest BCUT2D eigenvalue weighted by atomic mass is 19.4. The predicted molar refractivity (Wildman–Crippen MR) is 93.6 cm³/mol.